The summed E-state index contributed by atoms with van der Waals surface area (Å²) in [6.45, 7) is 1.71. The summed E-state index contributed by atoms with van der Waals surface area (Å²) in [7, 11) is 1.60. The molecule has 0 aliphatic rings. The average molecular weight is 271 g/mol. The topological polar surface area (TPSA) is 47.6 Å². The molecular formula is C16H17NO3. The maximum Gasteiger partial charge on any atom is 0.265 e. The molecule has 1 N–H and O–H groups in total. The van der Waals surface area contributed by atoms with E-state index in [1.54, 1.807) is 38.3 Å². The van der Waals surface area contributed by atoms with Crippen molar-refractivity contribution in [3.8, 4) is 11.5 Å². The lowest BCUT2D eigenvalue weighted by Gasteiger charge is -2.15. The van der Waals surface area contributed by atoms with Crippen LogP contribution in [0.4, 0.5) is 5.69 Å². The van der Waals surface area contributed by atoms with Gasteiger partial charge in [0.15, 0.2) is 6.10 Å². The smallest absolute Gasteiger partial charge is 0.265 e. The molecule has 1 amide bonds. The van der Waals surface area contributed by atoms with Crippen molar-refractivity contribution in [3.05, 3.63) is 54.6 Å². The molecule has 0 aliphatic carbocycles. The second kappa shape index (κ2) is 6.61. The van der Waals surface area contributed by atoms with Crippen molar-refractivity contribution in [1.82, 2.24) is 0 Å². The summed E-state index contributed by atoms with van der Waals surface area (Å²) in [6.07, 6.45) is -0.580. The number of carbonyl (C=O) groups is 1. The van der Waals surface area contributed by atoms with Gasteiger partial charge in [-0.05, 0) is 43.3 Å². The second-order valence-corrected chi connectivity index (χ2v) is 4.29. The monoisotopic (exact) mass is 271 g/mol. The summed E-state index contributed by atoms with van der Waals surface area (Å²) in [6, 6.07) is 16.4. The maximum atomic E-state index is 12.0. The fraction of sp³-hybridized carbons (Fsp3) is 0.188. The van der Waals surface area contributed by atoms with Crippen molar-refractivity contribution in [3.63, 3.8) is 0 Å². The molecule has 0 heterocycles. The number of anilines is 1. The number of para-hydroxylation sites is 1. The van der Waals surface area contributed by atoms with Crippen LogP contribution in [0.5, 0.6) is 11.5 Å². The Bertz CT molecular complexity index is 552. The van der Waals surface area contributed by atoms with Crippen LogP contribution in [0.3, 0.4) is 0 Å². The molecule has 2 aromatic carbocycles. The van der Waals surface area contributed by atoms with Crippen LogP contribution < -0.4 is 14.8 Å². The van der Waals surface area contributed by atoms with Gasteiger partial charge in [0.1, 0.15) is 11.5 Å². The number of rotatable bonds is 5. The highest BCUT2D eigenvalue weighted by Crippen LogP contribution is 2.18. The Morgan fingerprint density at radius 3 is 2.20 bits per heavy atom. The second-order valence-electron chi connectivity index (χ2n) is 4.29. The number of nitrogens with one attached hydrogen (secondary N) is 1. The third-order valence-corrected chi connectivity index (χ3v) is 2.78. The standard InChI is InChI=1S/C16H17NO3/c1-12(16(18)17-13-6-4-3-5-7-13)20-15-10-8-14(19-2)9-11-15/h3-12H,1-2H3,(H,17,18). The Labute approximate surface area is 118 Å². The molecule has 2 aromatic rings. The predicted molar refractivity (Wildman–Crippen MR) is 78.2 cm³/mol. The van der Waals surface area contributed by atoms with Gasteiger partial charge in [-0.1, -0.05) is 18.2 Å². The van der Waals surface area contributed by atoms with E-state index in [-0.39, 0.29) is 5.91 Å². The summed E-state index contributed by atoms with van der Waals surface area (Å²) in [5, 5.41) is 2.80. The van der Waals surface area contributed by atoms with E-state index in [1.165, 1.54) is 0 Å². The Hall–Kier alpha value is -2.49. The van der Waals surface area contributed by atoms with Crippen LogP contribution in [0.15, 0.2) is 54.6 Å². The van der Waals surface area contributed by atoms with Crippen LogP contribution in [0.1, 0.15) is 6.92 Å². The molecule has 1 unspecified atom stereocenters. The quantitative estimate of drug-likeness (QED) is 0.909. The third kappa shape index (κ3) is 3.75. The van der Waals surface area contributed by atoms with Crippen molar-refractivity contribution >= 4 is 11.6 Å². The number of amides is 1. The Balaban J connectivity index is 1.93. The molecule has 0 fully saturated rings. The van der Waals surface area contributed by atoms with Gasteiger partial charge in [0.25, 0.3) is 5.91 Å². The van der Waals surface area contributed by atoms with E-state index >= 15 is 0 Å². The summed E-state index contributed by atoms with van der Waals surface area (Å²) in [4.78, 5) is 12.0. The summed E-state index contributed by atoms with van der Waals surface area (Å²) in [5.74, 6) is 1.19. The molecule has 2 rings (SSSR count). The third-order valence-electron chi connectivity index (χ3n) is 2.78. The number of hydrogen-bond donors (Lipinski definition) is 1. The highest BCUT2D eigenvalue weighted by molar-refractivity contribution is 5.94. The number of ether oxygens (including phenoxy) is 2. The van der Waals surface area contributed by atoms with Crippen molar-refractivity contribution in [1.29, 1.82) is 0 Å². The normalized spacial score (nSPS) is 11.5. The van der Waals surface area contributed by atoms with Gasteiger partial charge in [-0.2, -0.15) is 0 Å². The van der Waals surface area contributed by atoms with E-state index in [0.29, 0.717) is 5.75 Å². The first kappa shape index (κ1) is 13.9. The van der Waals surface area contributed by atoms with Crippen LogP contribution >= 0.6 is 0 Å². The molecule has 0 saturated heterocycles. The molecule has 1 atom stereocenters. The molecule has 0 bridgehead atoms. The summed E-state index contributed by atoms with van der Waals surface area (Å²) in [5.41, 5.74) is 0.752. The number of hydrogen-bond acceptors (Lipinski definition) is 3. The first-order valence-corrected chi connectivity index (χ1v) is 6.35. The molecule has 0 radical (unpaired) electrons. The molecule has 0 aromatic heterocycles. The molecule has 0 spiro atoms. The van der Waals surface area contributed by atoms with Crippen LogP contribution in [0.25, 0.3) is 0 Å². The van der Waals surface area contributed by atoms with Gasteiger partial charge in [0.2, 0.25) is 0 Å². The minimum atomic E-state index is -0.580. The van der Waals surface area contributed by atoms with Gasteiger partial charge in [0.05, 0.1) is 7.11 Å². The fourth-order valence-electron chi connectivity index (χ4n) is 1.68. The van der Waals surface area contributed by atoms with E-state index < -0.39 is 6.10 Å². The van der Waals surface area contributed by atoms with Gasteiger partial charge in [0, 0.05) is 5.69 Å². The van der Waals surface area contributed by atoms with Crippen LogP contribution in [-0.2, 0) is 4.79 Å². The van der Waals surface area contributed by atoms with Crippen molar-refractivity contribution in [2.45, 2.75) is 13.0 Å². The zero-order valence-corrected chi connectivity index (χ0v) is 11.5. The number of benzene rings is 2. The Kier molecular flexibility index (Phi) is 4.60. The first-order chi connectivity index (χ1) is 9.69. The molecule has 0 saturated carbocycles. The lowest BCUT2D eigenvalue weighted by Crippen LogP contribution is -2.30. The number of carbonyl (C=O) groups excluding carboxylic acids is 1. The predicted octanol–water partition coefficient (Wildman–Crippen LogP) is 3.10. The zero-order valence-electron chi connectivity index (χ0n) is 11.5. The van der Waals surface area contributed by atoms with Crippen LogP contribution in [0.2, 0.25) is 0 Å². The first-order valence-electron chi connectivity index (χ1n) is 6.35. The maximum absolute atomic E-state index is 12.0. The lowest BCUT2D eigenvalue weighted by atomic mass is 10.3. The Morgan fingerprint density at radius 2 is 1.60 bits per heavy atom. The summed E-state index contributed by atoms with van der Waals surface area (Å²) < 4.78 is 10.6. The molecular weight excluding hydrogens is 254 g/mol. The minimum Gasteiger partial charge on any atom is -0.497 e. The van der Waals surface area contributed by atoms with E-state index in [0.717, 1.165) is 11.4 Å². The molecule has 20 heavy (non-hydrogen) atoms. The molecule has 4 nitrogen and oxygen atoms in total. The zero-order chi connectivity index (χ0) is 14.4. The van der Waals surface area contributed by atoms with Crippen molar-refractivity contribution < 1.29 is 14.3 Å². The van der Waals surface area contributed by atoms with Gasteiger partial charge >= 0.3 is 0 Å². The van der Waals surface area contributed by atoms with E-state index in [4.69, 9.17) is 9.47 Å². The van der Waals surface area contributed by atoms with Gasteiger partial charge < -0.3 is 14.8 Å². The molecule has 104 valence electrons. The Morgan fingerprint density at radius 1 is 1.00 bits per heavy atom. The highest BCUT2D eigenvalue weighted by Gasteiger charge is 2.14. The summed E-state index contributed by atoms with van der Waals surface area (Å²) >= 11 is 0. The average Bonchev–Trinajstić information content (AvgIpc) is 2.49. The molecule has 0 aliphatic heterocycles. The van der Waals surface area contributed by atoms with Gasteiger partial charge in [-0.15, -0.1) is 0 Å². The van der Waals surface area contributed by atoms with Crippen LogP contribution in [0, 0.1) is 0 Å². The number of methoxy groups -OCH3 is 1. The lowest BCUT2D eigenvalue weighted by molar-refractivity contribution is -0.122. The van der Waals surface area contributed by atoms with Crippen molar-refractivity contribution in [2.24, 2.45) is 0 Å². The van der Waals surface area contributed by atoms with E-state index in [1.807, 2.05) is 30.3 Å². The van der Waals surface area contributed by atoms with Gasteiger partial charge in [-0.3, -0.25) is 4.79 Å². The highest BCUT2D eigenvalue weighted by atomic mass is 16.5. The van der Waals surface area contributed by atoms with E-state index in [9.17, 15) is 4.79 Å². The van der Waals surface area contributed by atoms with E-state index in [2.05, 4.69) is 5.32 Å². The van der Waals surface area contributed by atoms with Crippen LogP contribution in [-0.4, -0.2) is 19.1 Å². The van der Waals surface area contributed by atoms with Crippen molar-refractivity contribution in [2.75, 3.05) is 12.4 Å². The minimum absolute atomic E-state index is 0.188. The van der Waals surface area contributed by atoms with Gasteiger partial charge in [-0.25, -0.2) is 0 Å². The fourth-order valence-corrected chi connectivity index (χ4v) is 1.68. The molecule has 4 heteroatoms. The largest absolute Gasteiger partial charge is 0.497 e. The SMILES string of the molecule is COc1ccc(OC(C)C(=O)Nc2ccccc2)cc1.